The van der Waals surface area contributed by atoms with E-state index in [4.69, 9.17) is 0 Å². The molecule has 0 saturated carbocycles. The third-order valence-corrected chi connectivity index (χ3v) is 2.18. The van der Waals surface area contributed by atoms with Gasteiger partial charge in [-0.2, -0.15) is 5.10 Å². The molecule has 0 aliphatic carbocycles. The van der Waals surface area contributed by atoms with Crippen molar-refractivity contribution in [2.24, 2.45) is 0 Å². The number of hydrogen-bond donors (Lipinski definition) is 0. The van der Waals surface area contributed by atoms with E-state index in [9.17, 15) is 14.0 Å². The summed E-state index contributed by atoms with van der Waals surface area (Å²) >= 11 is 0. The van der Waals surface area contributed by atoms with Gasteiger partial charge in [-0.25, -0.2) is 18.7 Å². The summed E-state index contributed by atoms with van der Waals surface area (Å²) in [6.45, 7) is 1.29. The van der Waals surface area contributed by atoms with Crippen molar-refractivity contribution in [3.8, 4) is 0 Å². The van der Waals surface area contributed by atoms with Crippen LogP contribution in [-0.2, 0) is 4.74 Å². The van der Waals surface area contributed by atoms with Gasteiger partial charge in [-0.15, -0.1) is 0 Å². The van der Waals surface area contributed by atoms with Gasteiger partial charge in [0.25, 0.3) is 0 Å². The van der Waals surface area contributed by atoms with E-state index in [1.54, 1.807) is 0 Å². The summed E-state index contributed by atoms with van der Waals surface area (Å²) in [7, 11) is 1.17. The lowest BCUT2D eigenvalue weighted by Gasteiger charge is -2.03. The second kappa shape index (κ2) is 3.93. The SMILES string of the molecule is COC(=O)c1cc(C(C)=O)n2ncc(F)c2n1. The highest BCUT2D eigenvalue weighted by atomic mass is 19.1. The summed E-state index contributed by atoms with van der Waals surface area (Å²) in [5.74, 6) is -1.81. The van der Waals surface area contributed by atoms with Crippen LogP contribution in [0.1, 0.15) is 27.9 Å². The van der Waals surface area contributed by atoms with Crippen LogP contribution >= 0.6 is 0 Å². The minimum absolute atomic E-state index is 0.0688. The quantitative estimate of drug-likeness (QED) is 0.572. The van der Waals surface area contributed by atoms with E-state index < -0.39 is 11.8 Å². The van der Waals surface area contributed by atoms with Crippen molar-refractivity contribution in [2.75, 3.05) is 7.11 Å². The Bertz CT molecular complexity index is 621. The molecule has 0 aliphatic rings. The molecule has 2 aromatic rings. The van der Waals surface area contributed by atoms with Crippen molar-refractivity contribution in [3.63, 3.8) is 0 Å². The van der Waals surface area contributed by atoms with Gasteiger partial charge in [-0.05, 0) is 0 Å². The maximum absolute atomic E-state index is 13.3. The van der Waals surface area contributed by atoms with Gasteiger partial charge in [0.05, 0.1) is 13.3 Å². The molecule has 0 amide bonds. The number of ether oxygens (including phenoxy) is 1. The van der Waals surface area contributed by atoms with Crippen molar-refractivity contribution in [3.05, 3.63) is 29.5 Å². The average Bonchev–Trinajstić information content (AvgIpc) is 2.69. The van der Waals surface area contributed by atoms with Crippen molar-refractivity contribution < 1.29 is 18.7 Å². The zero-order valence-electron chi connectivity index (χ0n) is 9.10. The smallest absolute Gasteiger partial charge is 0.356 e. The van der Waals surface area contributed by atoms with E-state index >= 15 is 0 Å². The van der Waals surface area contributed by atoms with E-state index in [0.29, 0.717) is 0 Å². The van der Waals surface area contributed by atoms with Crippen LogP contribution in [0.2, 0.25) is 0 Å². The molecule has 0 aliphatic heterocycles. The molecule has 2 aromatic heterocycles. The Morgan fingerprint density at radius 2 is 2.18 bits per heavy atom. The van der Waals surface area contributed by atoms with E-state index in [0.717, 1.165) is 10.7 Å². The molecule has 0 N–H and O–H groups in total. The van der Waals surface area contributed by atoms with Crippen LogP contribution in [0, 0.1) is 5.82 Å². The van der Waals surface area contributed by atoms with Crippen LogP contribution in [0.4, 0.5) is 4.39 Å². The van der Waals surface area contributed by atoms with Crippen LogP contribution in [0.3, 0.4) is 0 Å². The Hall–Kier alpha value is -2.31. The lowest BCUT2D eigenvalue weighted by atomic mass is 10.2. The first-order chi connectivity index (χ1) is 8.04. The number of fused-ring (bicyclic) bond motifs is 1. The van der Waals surface area contributed by atoms with Gasteiger partial charge in [0, 0.05) is 13.0 Å². The maximum atomic E-state index is 13.3. The van der Waals surface area contributed by atoms with Gasteiger partial charge in [-0.3, -0.25) is 4.79 Å². The second-order valence-corrected chi connectivity index (χ2v) is 3.30. The fraction of sp³-hybridized carbons (Fsp3) is 0.200. The number of halogens is 1. The highest BCUT2D eigenvalue weighted by molar-refractivity contribution is 5.96. The van der Waals surface area contributed by atoms with E-state index in [2.05, 4.69) is 14.8 Å². The van der Waals surface area contributed by atoms with Gasteiger partial charge < -0.3 is 4.74 Å². The Morgan fingerprint density at radius 3 is 2.76 bits per heavy atom. The zero-order chi connectivity index (χ0) is 12.6. The standard InChI is InChI=1S/C10H8FN3O3/c1-5(15)8-3-7(10(16)17-2)13-9-6(11)4-12-14(8)9/h3-4H,1-2H3. The summed E-state index contributed by atoms with van der Waals surface area (Å²) in [4.78, 5) is 26.4. The van der Waals surface area contributed by atoms with Crippen LogP contribution in [0.5, 0.6) is 0 Å². The number of nitrogens with zero attached hydrogens (tertiary/aromatic N) is 3. The van der Waals surface area contributed by atoms with Gasteiger partial charge in [0.2, 0.25) is 0 Å². The molecular formula is C10H8FN3O3. The molecule has 0 bridgehead atoms. The summed E-state index contributed by atoms with van der Waals surface area (Å²) in [5, 5.41) is 3.67. The van der Waals surface area contributed by atoms with E-state index in [-0.39, 0.29) is 22.8 Å². The van der Waals surface area contributed by atoms with Gasteiger partial charge in [0.1, 0.15) is 5.69 Å². The normalized spacial score (nSPS) is 10.5. The molecule has 0 aromatic carbocycles. The van der Waals surface area contributed by atoms with Crippen molar-refractivity contribution in [2.45, 2.75) is 6.92 Å². The highest BCUT2D eigenvalue weighted by Gasteiger charge is 2.17. The summed E-state index contributed by atoms with van der Waals surface area (Å²) in [6.07, 6.45) is 0.926. The lowest BCUT2D eigenvalue weighted by Crippen LogP contribution is -2.12. The van der Waals surface area contributed by atoms with E-state index in [1.807, 2.05) is 0 Å². The second-order valence-electron chi connectivity index (χ2n) is 3.30. The highest BCUT2D eigenvalue weighted by Crippen LogP contribution is 2.12. The molecule has 2 rings (SSSR count). The molecule has 0 fully saturated rings. The van der Waals surface area contributed by atoms with Crippen LogP contribution < -0.4 is 0 Å². The molecule has 0 spiro atoms. The summed E-state index contributed by atoms with van der Waals surface area (Å²) in [6, 6.07) is 1.22. The van der Waals surface area contributed by atoms with Crippen LogP contribution in [0.25, 0.3) is 5.65 Å². The molecule has 0 unspecified atom stereocenters. The molecule has 6 nitrogen and oxygen atoms in total. The molecule has 17 heavy (non-hydrogen) atoms. The number of carbonyl (C=O) groups excluding carboxylic acids is 2. The Balaban J connectivity index is 2.78. The largest absolute Gasteiger partial charge is 0.464 e. The first-order valence-corrected chi connectivity index (χ1v) is 4.68. The number of methoxy groups -OCH3 is 1. The van der Waals surface area contributed by atoms with Crippen molar-refractivity contribution in [1.82, 2.24) is 14.6 Å². The first kappa shape index (κ1) is 11.2. The minimum Gasteiger partial charge on any atom is -0.464 e. The number of carbonyl (C=O) groups is 2. The molecule has 7 heteroatoms. The Labute approximate surface area is 95.0 Å². The van der Waals surface area contributed by atoms with E-state index in [1.165, 1.54) is 20.1 Å². The molecular weight excluding hydrogens is 229 g/mol. The fourth-order valence-corrected chi connectivity index (χ4v) is 1.40. The van der Waals surface area contributed by atoms with Gasteiger partial charge >= 0.3 is 5.97 Å². The topological polar surface area (TPSA) is 73.6 Å². The monoisotopic (exact) mass is 237 g/mol. The number of hydrogen-bond acceptors (Lipinski definition) is 5. The van der Waals surface area contributed by atoms with Crippen molar-refractivity contribution >= 4 is 17.4 Å². The predicted octanol–water partition coefficient (Wildman–Crippen LogP) is 0.858. The van der Waals surface area contributed by atoms with Gasteiger partial charge in [0.15, 0.2) is 22.9 Å². The van der Waals surface area contributed by atoms with Crippen molar-refractivity contribution in [1.29, 1.82) is 0 Å². The third kappa shape index (κ3) is 1.75. The first-order valence-electron chi connectivity index (χ1n) is 4.68. The summed E-state index contributed by atoms with van der Waals surface area (Å²) < 4.78 is 18.8. The Morgan fingerprint density at radius 1 is 1.47 bits per heavy atom. The minimum atomic E-state index is -0.740. The molecule has 0 radical (unpaired) electrons. The number of ketones is 1. The number of aromatic nitrogens is 3. The Kier molecular flexibility index (Phi) is 2.58. The maximum Gasteiger partial charge on any atom is 0.356 e. The molecule has 0 atom stereocenters. The number of Topliss-reactive ketones (excluding diaryl/α,β-unsaturated/α-hetero) is 1. The summed E-state index contributed by atoms with van der Waals surface area (Å²) in [5.41, 5.74) is -0.248. The molecule has 0 saturated heterocycles. The van der Waals surface area contributed by atoms with Crippen LogP contribution in [-0.4, -0.2) is 33.5 Å². The predicted molar refractivity (Wildman–Crippen MR) is 54.3 cm³/mol. The van der Waals surface area contributed by atoms with Crippen LogP contribution in [0.15, 0.2) is 12.3 Å². The molecule has 2 heterocycles. The third-order valence-electron chi connectivity index (χ3n) is 2.18. The lowest BCUT2D eigenvalue weighted by molar-refractivity contribution is 0.0594. The number of rotatable bonds is 2. The number of esters is 1. The fourth-order valence-electron chi connectivity index (χ4n) is 1.40. The molecule has 88 valence electrons. The zero-order valence-corrected chi connectivity index (χ0v) is 9.10. The average molecular weight is 237 g/mol. The van der Waals surface area contributed by atoms with Gasteiger partial charge in [-0.1, -0.05) is 0 Å².